The fourth-order valence-corrected chi connectivity index (χ4v) is 1.98. The summed E-state index contributed by atoms with van der Waals surface area (Å²) in [5.41, 5.74) is 0. The van der Waals surface area contributed by atoms with Gasteiger partial charge in [0.2, 0.25) is 0 Å². The highest BCUT2D eigenvalue weighted by Gasteiger charge is 2.07. The molecular weight excluding hydrogens is 158 g/mol. The van der Waals surface area contributed by atoms with Crippen LogP contribution in [-0.4, -0.2) is 24.5 Å². The van der Waals surface area contributed by atoms with Gasteiger partial charge in [0.1, 0.15) is 0 Å². The number of likely N-dealkylation sites (tertiary alicyclic amines) is 1. The summed E-state index contributed by atoms with van der Waals surface area (Å²) in [4.78, 5) is 2.67. The van der Waals surface area contributed by atoms with Crippen molar-refractivity contribution in [2.75, 3.05) is 19.6 Å². The fraction of sp³-hybridized carbons (Fsp3) is 1.00. The molecule has 0 saturated carbocycles. The molecule has 0 N–H and O–H groups in total. The maximum Gasteiger partial charge on any atom is -0.00163 e. The first kappa shape index (κ1) is 11.0. The molecule has 1 rings (SSSR count). The molecule has 1 aliphatic heterocycles. The van der Waals surface area contributed by atoms with Crippen molar-refractivity contribution in [3.8, 4) is 0 Å². The van der Waals surface area contributed by atoms with Gasteiger partial charge in [-0.25, -0.2) is 0 Å². The van der Waals surface area contributed by atoms with E-state index in [-0.39, 0.29) is 0 Å². The first-order chi connectivity index (χ1) is 6.29. The Labute approximate surface area is 83.5 Å². The summed E-state index contributed by atoms with van der Waals surface area (Å²) in [5.74, 6) is 0.866. The molecule has 1 fully saturated rings. The molecule has 1 aliphatic rings. The summed E-state index contributed by atoms with van der Waals surface area (Å²) in [5, 5.41) is 0. The summed E-state index contributed by atoms with van der Waals surface area (Å²) < 4.78 is 0. The van der Waals surface area contributed by atoms with E-state index in [0.717, 1.165) is 5.92 Å². The van der Waals surface area contributed by atoms with E-state index < -0.39 is 0 Å². The largest absolute Gasteiger partial charge is 0.303 e. The van der Waals surface area contributed by atoms with Gasteiger partial charge in [0.15, 0.2) is 0 Å². The Morgan fingerprint density at radius 1 is 0.923 bits per heavy atom. The van der Waals surface area contributed by atoms with Gasteiger partial charge in [0.25, 0.3) is 0 Å². The first-order valence-corrected chi connectivity index (χ1v) is 6.01. The second-order valence-electron chi connectivity index (χ2n) is 4.79. The van der Waals surface area contributed by atoms with E-state index in [1.807, 2.05) is 0 Å². The lowest BCUT2D eigenvalue weighted by molar-refractivity contribution is 0.235. The van der Waals surface area contributed by atoms with Gasteiger partial charge >= 0.3 is 0 Å². The van der Waals surface area contributed by atoms with E-state index in [1.165, 1.54) is 58.2 Å². The Morgan fingerprint density at radius 2 is 1.46 bits per heavy atom. The lowest BCUT2D eigenvalue weighted by Gasteiger charge is -2.25. The van der Waals surface area contributed by atoms with Crippen LogP contribution in [0.3, 0.4) is 0 Å². The van der Waals surface area contributed by atoms with Crippen LogP contribution in [0.1, 0.15) is 52.4 Å². The van der Waals surface area contributed by atoms with Crippen molar-refractivity contribution >= 4 is 0 Å². The summed E-state index contributed by atoms with van der Waals surface area (Å²) in [7, 11) is 0. The quantitative estimate of drug-likeness (QED) is 0.649. The topological polar surface area (TPSA) is 3.24 Å². The van der Waals surface area contributed by atoms with Crippen molar-refractivity contribution in [3.05, 3.63) is 0 Å². The molecule has 1 saturated heterocycles. The Bertz CT molecular complexity index is 112. The van der Waals surface area contributed by atoms with Gasteiger partial charge in [-0.2, -0.15) is 0 Å². The van der Waals surface area contributed by atoms with Crippen LogP contribution in [0, 0.1) is 5.92 Å². The number of hydrogen-bond acceptors (Lipinski definition) is 1. The molecule has 0 radical (unpaired) electrons. The van der Waals surface area contributed by atoms with E-state index in [9.17, 15) is 0 Å². The lowest BCUT2D eigenvalue weighted by Crippen LogP contribution is -2.29. The number of nitrogens with zero attached hydrogens (tertiary/aromatic N) is 1. The van der Waals surface area contributed by atoms with Crippen LogP contribution in [-0.2, 0) is 0 Å². The van der Waals surface area contributed by atoms with Gasteiger partial charge in [-0.3, -0.25) is 0 Å². The van der Waals surface area contributed by atoms with Crippen LogP contribution in [0.25, 0.3) is 0 Å². The molecule has 0 aliphatic carbocycles. The van der Waals surface area contributed by atoms with Gasteiger partial charge in [-0.1, -0.05) is 33.1 Å². The minimum absolute atomic E-state index is 0.866. The molecule has 0 aromatic carbocycles. The van der Waals surface area contributed by atoms with E-state index in [0.29, 0.717) is 0 Å². The average molecular weight is 183 g/mol. The highest BCUT2D eigenvalue weighted by Crippen LogP contribution is 2.11. The zero-order chi connectivity index (χ0) is 9.52. The maximum atomic E-state index is 2.67. The molecule has 1 nitrogen and oxygen atoms in total. The summed E-state index contributed by atoms with van der Waals surface area (Å²) in [6, 6.07) is 0. The third kappa shape index (κ3) is 5.30. The van der Waals surface area contributed by atoms with Crippen LogP contribution in [0.4, 0.5) is 0 Å². The molecule has 0 spiro atoms. The molecule has 0 atom stereocenters. The molecule has 1 heterocycles. The van der Waals surface area contributed by atoms with Crippen LogP contribution in [0.5, 0.6) is 0 Å². The van der Waals surface area contributed by atoms with Crippen molar-refractivity contribution in [1.82, 2.24) is 4.90 Å². The van der Waals surface area contributed by atoms with Gasteiger partial charge in [0, 0.05) is 0 Å². The van der Waals surface area contributed by atoms with Crippen molar-refractivity contribution < 1.29 is 0 Å². The molecule has 13 heavy (non-hydrogen) atoms. The van der Waals surface area contributed by atoms with E-state index >= 15 is 0 Å². The third-order valence-corrected chi connectivity index (χ3v) is 2.97. The van der Waals surface area contributed by atoms with Crippen LogP contribution in [0.15, 0.2) is 0 Å². The summed E-state index contributed by atoms with van der Waals surface area (Å²) in [6.07, 6.45) is 8.62. The first-order valence-electron chi connectivity index (χ1n) is 6.01. The summed E-state index contributed by atoms with van der Waals surface area (Å²) >= 11 is 0. The van der Waals surface area contributed by atoms with Crippen LogP contribution in [0.2, 0.25) is 0 Å². The third-order valence-electron chi connectivity index (χ3n) is 2.97. The predicted molar refractivity (Wildman–Crippen MR) is 59.0 cm³/mol. The smallest absolute Gasteiger partial charge is 0.00163 e. The van der Waals surface area contributed by atoms with Crippen LogP contribution >= 0.6 is 0 Å². The Hall–Kier alpha value is -0.0400. The zero-order valence-corrected chi connectivity index (χ0v) is 9.39. The second kappa shape index (κ2) is 6.42. The van der Waals surface area contributed by atoms with Crippen molar-refractivity contribution in [2.24, 2.45) is 5.92 Å². The molecule has 78 valence electrons. The van der Waals surface area contributed by atoms with E-state index in [1.54, 1.807) is 0 Å². The van der Waals surface area contributed by atoms with Gasteiger partial charge < -0.3 is 4.90 Å². The molecule has 0 unspecified atom stereocenters. The zero-order valence-electron chi connectivity index (χ0n) is 9.39. The number of hydrogen-bond donors (Lipinski definition) is 0. The van der Waals surface area contributed by atoms with Crippen molar-refractivity contribution in [1.29, 1.82) is 0 Å². The minimum Gasteiger partial charge on any atom is -0.303 e. The monoisotopic (exact) mass is 183 g/mol. The van der Waals surface area contributed by atoms with Crippen molar-refractivity contribution in [3.63, 3.8) is 0 Å². The normalized spacial score (nSPS) is 21.5. The van der Waals surface area contributed by atoms with Gasteiger partial charge in [-0.05, 0) is 44.8 Å². The predicted octanol–water partition coefficient (Wildman–Crippen LogP) is 3.30. The minimum atomic E-state index is 0.866. The second-order valence-corrected chi connectivity index (χ2v) is 4.79. The highest BCUT2D eigenvalue weighted by atomic mass is 15.1. The molecular formula is C12H25N. The maximum absolute atomic E-state index is 2.67. The van der Waals surface area contributed by atoms with Gasteiger partial charge in [0.05, 0.1) is 0 Å². The average Bonchev–Trinajstić information content (AvgIpc) is 2.01. The lowest BCUT2D eigenvalue weighted by atomic mass is 10.1. The molecule has 0 aromatic rings. The Morgan fingerprint density at radius 3 is 2.00 bits per heavy atom. The highest BCUT2D eigenvalue weighted by molar-refractivity contribution is 4.63. The summed E-state index contributed by atoms with van der Waals surface area (Å²) in [6.45, 7) is 8.69. The number of rotatable bonds is 3. The van der Waals surface area contributed by atoms with Crippen LogP contribution < -0.4 is 0 Å². The molecule has 1 heteroatoms. The SMILES string of the molecule is CC(C)CCN1CCCCCCC1. The van der Waals surface area contributed by atoms with E-state index in [4.69, 9.17) is 0 Å². The van der Waals surface area contributed by atoms with E-state index in [2.05, 4.69) is 18.7 Å². The van der Waals surface area contributed by atoms with Crippen molar-refractivity contribution in [2.45, 2.75) is 52.4 Å². The standard InChI is InChI=1S/C12H25N/c1-12(2)8-11-13-9-6-4-3-5-7-10-13/h12H,3-11H2,1-2H3. The molecule has 0 aromatic heterocycles. The fourth-order valence-electron chi connectivity index (χ4n) is 1.98. The Balaban J connectivity index is 2.14. The Kier molecular flexibility index (Phi) is 5.45. The van der Waals surface area contributed by atoms with Gasteiger partial charge in [-0.15, -0.1) is 0 Å². The molecule has 0 bridgehead atoms. The molecule has 0 amide bonds.